The van der Waals surface area contributed by atoms with Crippen LogP contribution in [0.1, 0.15) is 32.8 Å². The van der Waals surface area contributed by atoms with Crippen LogP contribution in [0.15, 0.2) is 15.8 Å². The molecule has 0 aliphatic carbocycles. The predicted octanol–water partition coefficient (Wildman–Crippen LogP) is -0.152. The van der Waals surface area contributed by atoms with Gasteiger partial charge in [-0.25, -0.2) is 9.59 Å². The molecule has 10 heteroatoms. The van der Waals surface area contributed by atoms with Crippen molar-refractivity contribution in [3.8, 4) is 0 Å². The number of rotatable bonds is 4. The third-order valence-electron chi connectivity index (χ3n) is 4.81. The lowest BCUT2D eigenvalue weighted by molar-refractivity contribution is -0.243. The fourth-order valence-corrected chi connectivity index (χ4v) is 3.47. The minimum Gasteiger partial charge on any atom is -0.462 e. The normalized spacial score (nSPS) is 30.6. The number of nitrogens with one attached hydrogen (secondary N) is 1. The zero-order chi connectivity index (χ0) is 20.0. The molecule has 3 rings (SSSR count). The van der Waals surface area contributed by atoms with Crippen LogP contribution in [0.25, 0.3) is 0 Å². The van der Waals surface area contributed by atoms with Crippen LogP contribution in [0.4, 0.5) is 0 Å². The number of aromatic nitrogens is 2. The Bertz CT molecular complexity index is 846. The standard InChI is InChI=1S/C17H25N3O7/c1-6-24-14(22)17(20-8-10(2)13(21)18-15(20)23)7-11(19(5)27-17)12-9-25-16(3,4)26-12/h8,11-12H,6-7,9H2,1-5H3,(H,18,21,23)/t11-,12-,17-/m1/s1. The van der Waals surface area contributed by atoms with E-state index < -0.39 is 28.7 Å². The topological polar surface area (TPSA) is 112 Å². The molecule has 27 heavy (non-hydrogen) atoms. The summed E-state index contributed by atoms with van der Waals surface area (Å²) in [7, 11) is 1.66. The van der Waals surface area contributed by atoms with Crippen LogP contribution in [-0.2, 0) is 29.6 Å². The number of hydrogen-bond donors (Lipinski definition) is 1. The van der Waals surface area contributed by atoms with Crippen molar-refractivity contribution in [1.82, 2.24) is 14.6 Å². The van der Waals surface area contributed by atoms with E-state index in [1.807, 2.05) is 0 Å². The molecule has 2 saturated heterocycles. The lowest BCUT2D eigenvalue weighted by atomic mass is 10.00. The smallest absolute Gasteiger partial charge is 0.362 e. The number of carbonyl (C=O) groups excluding carboxylic acids is 1. The molecule has 2 aliphatic rings. The summed E-state index contributed by atoms with van der Waals surface area (Å²) in [6.07, 6.45) is 1.04. The summed E-state index contributed by atoms with van der Waals surface area (Å²) in [6.45, 7) is 7.25. The van der Waals surface area contributed by atoms with E-state index in [9.17, 15) is 14.4 Å². The molecule has 0 unspecified atom stereocenters. The van der Waals surface area contributed by atoms with Gasteiger partial charge in [-0.1, -0.05) is 0 Å². The van der Waals surface area contributed by atoms with E-state index in [0.29, 0.717) is 6.61 Å². The molecule has 0 saturated carbocycles. The summed E-state index contributed by atoms with van der Waals surface area (Å²) in [5.41, 5.74) is -2.74. The molecule has 2 aliphatic heterocycles. The fraction of sp³-hybridized carbons (Fsp3) is 0.706. The second-order valence-electron chi connectivity index (χ2n) is 7.22. The van der Waals surface area contributed by atoms with Crippen LogP contribution in [-0.4, -0.2) is 58.8 Å². The summed E-state index contributed by atoms with van der Waals surface area (Å²) in [6, 6.07) is -0.365. The van der Waals surface area contributed by atoms with E-state index in [1.165, 1.54) is 11.3 Å². The number of aromatic amines is 1. The Hall–Kier alpha value is -2.01. The van der Waals surface area contributed by atoms with Gasteiger partial charge in [0.05, 0.1) is 19.3 Å². The lowest BCUT2D eigenvalue weighted by Gasteiger charge is -2.27. The number of likely N-dealkylation sites (N-methyl/N-ethyl adjacent to an activating group) is 1. The number of nitrogens with zero attached hydrogens (tertiary/aromatic N) is 2. The van der Waals surface area contributed by atoms with Gasteiger partial charge in [0.2, 0.25) is 0 Å². The lowest BCUT2D eigenvalue weighted by Crippen LogP contribution is -2.51. The molecule has 150 valence electrons. The van der Waals surface area contributed by atoms with Gasteiger partial charge in [-0.15, -0.1) is 0 Å². The number of aryl methyl sites for hydroxylation is 1. The van der Waals surface area contributed by atoms with E-state index in [1.54, 1.807) is 34.7 Å². The number of carbonyl (C=O) groups is 1. The molecule has 3 heterocycles. The van der Waals surface area contributed by atoms with Gasteiger partial charge in [0, 0.05) is 25.2 Å². The van der Waals surface area contributed by atoms with Gasteiger partial charge in [0.25, 0.3) is 11.3 Å². The highest BCUT2D eigenvalue weighted by Crippen LogP contribution is 2.39. The van der Waals surface area contributed by atoms with Gasteiger partial charge in [-0.3, -0.25) is 19.2 Å². The molecule has 0 bridgehead atoms. The van der Waals surface area contributed by atoms with Gasteiger partial charge >= 0.3 is 11.7 Å². The molecule has 1 aromatic heterocycles. The number of hydrogen-bond acceptors (Lipinski definition) is 8. The van der Waals surface area contributed by atoms with Crippen LogP contribution in [0, 0.1) is 6.92 Å². The maximum atomic E-state index is 12.9. The van der Waals surface area contributed by atoms with Crippen LogP contribution in [0.5, 0.6) is 0 Å². The molecule has 0 radical (unpaired) electrons. The zero-order valence-corrected chi connectivity index (χ0v) is 16.1. The predicted molar refractivity (Wildman–Crippen MR) is 92.8 cm³/mol. The Labute approximate surface area is 155 Å². The number of esters is 1. The van der Waals surface area contributed by atoms with Gasteiger partial charge < -0.3 is 14.2 Å². The van der Waals surface area contributed by atoms with E-state index >= 15 is 0 Å². The second-order valence-corrected chi connectivity index (χ2v) is 7.22. The van der Waals surface area contributed by atoms with Crippen molar-refractivity contribution in [2.24, 2.45) is 0 Å². The first-order chi connectivity index (χ1) is 12.6. The first-order valence-electron chi connectivity index (χ1n) is 8.83. The highest BCUT2D eigenvalue weighted by molar-refractivity contribution is 5.77. The fourth-order valence-electron chi connectivity index (χ4n) is 3.47. The van der Waals surface area contributed by atoms with Crippen molar-refractivity contribution in [2.75, 3.05) is 20.3 Å². The maximum absolute atomic E-state index is 12.9. The number of H-pyrrole nitrogens is 1. The Kier molecular flexibility index (Phi) is 5.02. The summed E-state index contributed by atoms with van der Waals surface area (Å²) in [5, 5.41) is 1.49. The Balaban J connectivity index is 2.03. The molecule has 0 aromatic carbocycles. The minimum absolute atomic E-state index is 0.0951. The molecule has 1 aromatic rings. The molecule has 0 amide bonds. The van der Waals surface area contributed by atoms with Gasteiger partial charge in [0.15, 0.2) is 5.79 Å². The quantitative estimate of drug-likeness (QED) is 0.715. The summed E-state index contributed by atoms with van der Waals surface area (Å²) in [5.74, 6) is -1.46. The molecular weight excluding hydrogens is 358 g/mol. The van der Waals surface area contributed by atoms with Crippen molar-refractivity contribution in [3.63, 3.8) is 0 Å². The third-order valence-corrected chi connectivity index (χ3v) is 4.81. The van der Waals surface area contributed by atoms with Crippen molar-refractivity contribution < 1.29 is 23.8 Å². The summed E-state index contributed by atoms with van der Waals surface area (Å²) in [4.78, 5) is 45.2. The average molecular weight is 383 g/mol. The average Bonchev–Trinajstić information content (AvgIpc) is 3.11. The van der Waals surface area contributed by atoms with Crippen molar-refractivity contribution >= 4 is 5.97 Å². The maximum Gasteiger partial charge on any atom is 0.362 e. The second kappa shape index (κ2) is 6.86. The highest BCUT2D eigenvalue weighted by atomic mass is 16.8. The van der Waals surface area contributed by atoms with Crippen LogP contribution >= 0.6 is 0 Å². The van der Waals surface area contributed by atoms with Crippen molar-refractivity contribution in [2.45, 2.75) is 57.8 Å². The Morgan fingerprint density at radius 1 is 1.41 bits per heavy atom. The van der Waals surface area contributed by atoms with Crippen LogP contribution in [0.2, 0.25) is 0 Å². The van der Waals surface area contributed by atoms with E-state index in [-0.39, 0.29) is 30.7 Å². The number of ether oxygens (including phenoxy) is 3. The summed E-state index contributed by atoms with van der Waals surface area (Å²) < 4.78 is 17.8. The van der Waals surface area contributed by atoms with E-state index in [2.05, 4.69) is 4.98 Å². The summed E-state index contributed by atoms with van der Waals surface area (Å²) >= 11 is 0. The van der Waals surface area contributed by atoms with Crippen molar-refractivity contribution in [1.29, 1.82) is 0 Å². The van der Waals surface area contributed by atoms with Gasteiger partial charge in [-0.2, -0.15) is 5.06 Å². The molecule has 1 N–H and O–H groups in total. The largest absolute Gasteiger partial charge is 0.462 e. The zero-order valence-electron chi connectivity index (χ0n) is 16.1. The van der Waals surface area contributed by atoms with Crippen LogP contribution in [0.3, 0.4) is 0 Å². The Morgan fingerprint density at radius 3 is 2.70 bits per heavy atom. The SMILES string of the molecule is CCOC(=O)[C@@]1(n2cc(C)c(=O)[nH]c2=O)C[C@H]([C@H]2COC(C)(C)O2)N(C)O1. The Morgan fingerprint density at radius 2 is 2.11 bits per heavy atom. The monoisotopic (exact) mass is 383 g/mol. The molecular formula is C17H25N3O7. The van der Waals surface area contributed by atoms with E-state index in [4.69, 9.17) is 19.0 Å². The van der Waals surface area contributed by atoms with E-state index in [0.717, 1.165) is 4.57 Å². The molecule has 0 spiro atoms. The highest BCUT2D eigenvalue weighted by Gasteiger charge is 2.57. The van der Waals surface area contributed by atoms with Gasteiger partial charge in [0.1, 0.15) is 6.10 Å². The first kappa shape index (κ1) is 19.7. The first-order valence-corrected chi connectivity index (χ1v) is 8.83. The van der Waals surface area contributed by atoms with Crippen molar-refractivity contribution in [3.05, 3.63) is 32.6 Å². The molecule has 10 nitrogen and oxygen atoms in total. The minimum atomic E-state index is -1.74. The molecule has 2 fully saturated rings. The third kappa shape index (κ3) is 3.45. The van der Waals surface area contributed by atoms with Gasteiger partial charge in [-0.05, 0) is 27.7 Å². The molecule has 3 atom stereocenters. The number of hydroxylamine groups is 2. The van der Waals surface area contributed by atoms with Crippen LogP contribution < -0.4 is 11.2 Å².